The molecule has 1 aromatic carbocycles. The van der Waals surface area contributed by atoms with E-state index < -0.39 is 5.97 Å². The number of para-hydroxylation sites is 1. The van der Waals surface area contributed by atoms with E-state index in [1.54, 1.807) is 12.1 Å². The van der Waals surface area contributed by atoms with Crippen LogP contribution in [-0.2, 0) is 4.74 Å². The highest BCUT2D eigenvalue weighted by Crippen LogP contribution is 2.22. The van der Waals surface area contributed by atoms with Crippen LogP contribution >= 0.6 is 0 Å². The van der Waals surface area contributed by atoms with Crippen molar-refractivity contribution in [2.75, 3.05) is 25.1 Å². The summed E-state index contributed by atoms with van der Waals surface area (Å²) in [5.41, 5.74) is 0.986. The summed E-state index contributed by atoms with van der Waals surface area (Å²) in [6.07, 6.45) is 3.34. The molecule has 1 aromatic heterocycles. The predicted molar refractivity (Wildman–Crippen MR) is 85.4 cm³/mol. The van der Waals surface area contributed by atoms with E-state index in [0.29, 0.717) is 22.6 Å². The van der Waals surface area contributed by atoms with E-state index in [0.717, 1.165) is 32.6 Å². The molecule has 2 N–H and O–H groups in total. The molecule has 0 radical (unpaired) electrons. The molecule has 0 bridgehead atoms. The van der Waals surface area contributed by atoms with E-state index in [2.05, 4.69) is 10.3 Å². The van der Waals surface area contributed by atoms with E-state index in [9.17, 15) is 9.90 Å². The first-order valence-electron chi connectivity index (χ1n) is 7.69. The van der Waals surface area contributed by atoms with Crippen LogP contribution in [-0.4, -0.2) is 35.8 Å². The minimum atomic E-state index is -0.928. The van der Waals surface area contributed by atoms with Crippen molar-refractivity contribution in [3.8, 4) is 0 Å². The smallest absolute Gasteiger partial charge is 0.336 e. The standard InChI is InChI=1S/C17H20N2O3/c20-17(21)14-10-16(19-15-6-2-1-5-13(14)15)18-8-7-12-4-3-9-22-11-12/h1-2,5-6,10,12H,3-4,7-9,11H2,(H,18,19)(H,20,21)/t12-/m1/s1. The number of rotatable bonds is 5. The molecule has 2 heterocycles. The molecule has 1 aliphatic rings. The molecule has 22 heavy (non-hydrogen) atoms. The van der Waals surface area contributed by atoms with E-state index >= 15 is 0 Å². The summed E-state index contributed by atoms with van der Waals surface area (Å²) in [5.74, 6) is 0.274. The molecule has 1 atom stereocenters. The monoisotopic (exact) mass is 300 g/mol. The Kier molecular flexibility index (Phi) is 4.53. The number of carboxylic acids is 1. The molecule has 5 nitrogen and oxygen atoms in total. The predicted octanol–water partition coefficient (Wildman–Crippen LogP) is 3.16. The summed E-state index contributed by atoms with van der Waals surface area (Å²) in [6, 6.07) is 8.93. The molecule has 116 valence electrons. The maximum atomic E-state index is 11.4. The molecule has 5 heteroatoms. The van der Waals surface area contributed by atoms with Gasteiger partial charge in [0.05, 0.1) is 11.1 Å². The quantitative estimate of drug-likeness (QED) is 0.887. The van der Waals surface area contributed by atoms with Gasteiger partial charge in [-0.15, -0.1) is 0 Å². The molecule has 0 saturated carbocycles. The zero-order chi connectivity index (χ0) is 15.4. The Morgan fingerprint density at radius 3 is 3.05 bits per heavy atom. The first-order valence-corrected chi connectivity index (χ1v) is 7.69. The topological polar surface area (TPSA) is 71.5 Å². The molecule has 1 saturated heterocycles. The second-order valence-corrected chi connectivity index (χ2v) is 5.68. The highest BCUT2D eigenvalue weighted by Gasteiger charge is 2.14. The van der Waals surface area contributed by atoms with Gasteiger partial charge in [0.15, 0.2) is 0 Å². The van der Waals surface area contributed by atoms with Crippen LogP contribution < -0.4 is 5.32 Å². The average Bonchev–Trinajstić information content (AvgIpc) is 2.55. The number of carboxylic acid groups (broad SMARTS) is 1. The summed E-state index contributed by atoms with van der Waals surface area (Å²) in [6.45, 7) is 2.48. The van der Waals surface area contributed by atoms with E-state index in [4.69, 9.17) is 4.74 Å². The number of nitrogens with one attached hydrogen (secondary N) is 1. The van der Waals surface area contributed by atoms with Crippen LogP contribution in [0.5, 0.6) is 0 Å². The van der Waals surface area contributed by atoms with Crippen molar-refractivity contribution in [3.63, 3.8) is 0 Å². The van der Waals surface area contributed by atoms with Crippen LogP contribution in [0.2, 0.25) is 0 Å². The first-order chi connectivity index (χ1) is 10.7. The number of pyridine rings is 1. The number of nitrogens with zero attached hydrogens (tertiary/aromatic N) is 1. The summed E-state index contributed by atoms with van der Waals surface area (Å²) in [5, 5.41) is 13.3. The van der Waals surface area contributed by atoms with Gasteiger partial charge in [0.1, 0.15) is 5.82 Å². The zero-order valence-electron chi connectivity index (χ0n) is 12.4. The van der Waals surface area contributed by atoms with Crippen LogP contribution in [0.1, 0.15) is 29.6 Å². The van der Waals surface area contributed by atoms with Crippen LogP contribution in [0, 0.1) is 5.92 Å². The number of fused-ring (bicyclic) bond motifs is 1. The van der Waals surface area contributed by atoms with Crippen molar-refractivity contribution in [1.82, 2.24) is 4.98 Å². The van der Waals surface area contributed by atoms with Gasteiger partial charge in [-0.2, -0.15) is 0 Å². The van der Waals surface area contributed by atoms with Gasteiger partial charge in [-0.25, -0.2) is 9.78 Å². The lowest BCUT2D eigenvalue weighted by Crippen LogP contribution is -2.20. The van der Waals surface area contributed by atoms with Crippen molar-refractivity contribution in [2.45, 2.75) is 19.3 Å². The minimum Gasteiger partial charge on any atom is -0.478 e. The molecule has 0 amide bonds. The van der Waals surface area contributed by atoms with Gasteiger partial charge in [-0.3, -0.25) is 0 Å². The molecule has 3 rings (SSSR count). The maximum absolute atomic E-state index is 11.4. The Labute approximate surface area is 129 Å². The molecule has 0 spiro atoms. The third-order valence-electron chi connectivity index (χ3n) is 4.06. The third kappa shape index (κ3) is 3.36. The Morgan fingerprint density at radius 1 is 1.41 bits per heavy atom. The van der Waals surface area contributed by atoms with Gasteiger partial charge in [0.25, 0.3) is 0 Å². The van der Waals surface area contributed by atoms with Gasteiger partial charge in [0.2, 0.25) is 0 Å². The molecule has 1 fully saturated rings. The zero-order valence-corrected chi connectivity index (χ0v) is 12.4. The fraction of sp³-hybridized carbons (Fsp3) is 0.412. The molecular weight excluding hydrogens is 280 g/mol. The Balaban J connectivity index is 1.71. The van der Waals surface area contributed by atoms with Crippen LogP contribution in [0.25, 0.3) is 10.9 Å². The van der Waals surface area contributed by atoms with Gasteiger partial charge in [0, 0.05) is 25.1 Å². The lowest BCUT2D eigenvalue weighted by molar-refractivity contribution is 0.0530. The SMILES string of the molecule is O=C(O)c1cc(NCC[C@H]2CCCOC2)nc2ccccc12. The normalized spacial score (nSPS) is 18.3. The number of ether oxygens (including phenoxy) is 1. The first kappa shape index (κ1) is 14.8. The third-order valence-corrected chi connectivity index (χ3v) is 4.06. The van der Waals surface area contributed by atoms with Gasteiger partial charge in [-0.05, 0) is 37.3 Å². The number of anilines is 1. The average molecular weight is 300 g/mol. The lowest BCUT2D eigenvalue weighted by Gasteiger charge is -2.22. The molecule has 2 aromatic rings. The minimum absolute atomic E-state index is 0.286. The van der Waals surface area contributed by atoms with Gasteiger partial charge < -0.3 is 15.2 Å². The summed E-state index contributed by atoms with van der Waals surface area (Å²) >= 11 is 0. The number of aromatic carboxylic acids is 1. The highest BCUT2D eigenvalue weighted by atomic mass is 16.5. The van der Waals surface area contributed by atoms with Crippen molar-refractivity contribution in [2.24, 2.45) is 5.92 Å². The summed E-state index contributed by atoms with van der Waals surface area (Å²) in [4.78, 5) is 15.9. The van der Waals surface area contributed by atoms with Crippen LogP contribution in [0.4, 0.5) is 5.82 Å². The fourth-order valence-electron chi connectivity index (χ4n) is 2.88. The molecular formula is C17H20N2O3. The summed E-state index contributed by atoms with van der Waals surface area (Å²) < 4.78 is 5.47. The number of benzene rings is 1. The number of aromatic nitrogens is 1. The van der Waals surface area contributed by atoms with E-state index in [-0.39, 0.29) is 5.56 Å². The number of carbonyl (C=O) groups is 1. The van der Waals surface area contributed by atoms with Crippen molar-refractivity contribution >= 4 is 22.7 Å². The number of hydrogen-bond donors (Lipinski definition) is 2. The van der Waals surface area contributed by atoms with Crippen molar-refractivity contribution < 1.29 is 14.6 Å². The van der Waals surface area contributed by atoms with Gasteiger partial charge in [-0.1, -0.05) is 18.2 Å². The van der Waals surface area contributed by atoms with Crippen LogP contribution in [0.15, 0.2) is 30.3 Å². The second-order valence-electron chi connectivity index (χ2n) is 5.68. The molecule has 0 unspecified atom stereocenters. The second kappa shape index (κ2) is 6.75. The Bertz CT molecular complexity index is 666. The largest absolute Gasteiger partial charge is 0.478 e. The maximum Gasteiger partial charge on any atom is 0.336 e. The van der Waals surface area contributed by atoms with E-state index in [1.165, 1.54) is 6.42 Å². The molecule has 1 aliphatic heterocycles. The Hall–Kier alpha value is -2.14. The molecule has 0 aliphatic carbocycles. The Morgan fingerprint density at radius 2 is 2.27 bits per heavy atom. The number of hydrogen-bond acceptors (Lipinski definition) is 4. The highest BCUT2D eigenvalue weighted by molar-refractivity contribution is 6.03. The van der Waals surface area contributed by atoms with E-state index in [1.807, 2.05) is 18.2 Å². The summed E-state index contributed by atoms with van der Waals surface area (Å²) in [7, 11) is 0. The van der Waals surface area contributed by atoms with Crippen molar-refractivity contribution in [1.29, 1.82) is 0 Å². The van der Waals surface area contributed by atoms with Crippen molar-refractivity contribution in [3.05, 3.63) is 35.9 Å². The van der Waals surface area contributed by atoms with Gasteiger partial charge >= 0.3 is 5.97 Å². The lowest BCUT2D eigenvalue weighted by atomic mass is 9.99. The fourth-order valence-corrected chi connectivity index (χ4v) is 2.88. The van der Waals surface area contributed by atoms with Crippen LogP contribution in [0.3, 0.4) is 0 Å².